The van der Waals surface area contributed by atoms with E-state index in [1.54, 1.807) is 0 Å². The van der Waals surface area contributed by atoms with Crippen LogP contribution in [0.15, 0.2) is 30.3 Å². The van der Waals surface area contributed by atoms with Crippen LogP contribution in [0.25, 0.3) is 0 Å². The fourth-order valence-electron chi connectivity index (χ4n) is 3.26. The molecular weight excluding hydrogens is 244 g/mol. The predicted molar refractivity (Wildman–Crippen MR) is 69.8 cm³/mol. The Bertz CT molecular complexity index is 468. The van der Waals surface area contributed by atoms with Crippen LogP contribution in [0.4, 0.5) is 0 Å². The van der Waals surface area contributed by atoms with Crippen molar-refractivity contribution in [2.75, 3.05) is 0 Å². The number of carbonyl (C=O) groups is 2. The van der Waals surface area contributed by atoms with E-state index < -0.39 is 23.8 Å². The van der Waals surface area contributed by atoms with E-state index >= 15 is 0 Å². The summed E-state index contributed by atoms with van der Waals surface area (Å²) in [5.74, 6) is -3.62. The van der Waals surface area contributed by atoms with Crippen LogP contribution in [0.2, 0.25) is 0 Å². The van der Waals surface area contributed by atoms with E-state index in [0.29, 0.717) is 6.42 Å². The van der Waals surface area contributed by atoms with Crippen LogP contribution < -0.4 is 0 Å². The minimum Gasteiger partial charge on any atom is -0.481 e. The van der Waals surface area contributed by atoms with Crippen LogP contribution in [0.5, 0.6) is 0 Å². The summed E-state index contributed by atoms with van der Waals surface area (Å²) in [4.78, 5) is 22.6. The van der Waals surface area contributed by atoms with E-state index in [1.807, 2.05) is 37.3 Å². The Morgan fingerprint density at radius 1 is 1.05 bits per heavy atom. The molecule has 0 saturated heterocycles. The van der Waals surface area contributed by atoms with Gasteiger partial charge in [-0.3, -0.25) is 9.59 Å². The highest BCUT2D eigenvalue weighted by molar-refractivity contribution is 5.80. The summed E-state index contributed by atoms with van der Waals surface area (Å²) >= 11 is 0. The van der Waals surface area contributed by atoms with E-state index in [0.717, 1.165) is 12.0 Å². The standard InChI is InChI=1S/C15H18O4/c1-9-11(10-5-3-2-4-6-10)7-8-12(14(16)17)13(9)15(18)19/h2-6,9,11-13H,7-8H2,1H3,(H,16,17)(H,18,19)/t9-,11-,12-,13+/m1/s1. The van der Waals surface area contributed by atoms with Gasteiger partial charge in [0.1, 0.15) is 0 Å². The third kappa shape index (κ3) is 2.62. The number of aliphatic carboxylic acids is 2. The Kier molecular flexibility index (Phi) is 3.88. The second kappa shape index (κ2) is 5.43. The first-order chi connectivity index (χ1) is 9.02. The Hall–Kier alpha value is -1.84. The molecule has 1 aliphatic carbocycles. The monoisotopic (exact) mass is 262 g/mol. The number of hydrogen-bond donors (Lipinski definition) is 2. The number of rotatable bonds is 3. The Morgan fingerprint density at radius 3 is 2.21 bits per heavy atom. The topological polar surface area (TPSA) is 74.6 Å². The van der Waals surface area contributed by atoms with E-state index in [-0.39, 0.29) is 11.8 Å². The zero-order valence-corrected chi connectivity index (χ0v) is 10.8. The lowest BCUT2D eigenvalue weighted by molar-refractivity contribution is -0.158. The first kappa shape index (κ1) is 13.6. The molecule has 2 rings (SSSR count). The number of carboxylic acids is 2. The van der Waals surface area contributed by atoms with Crippen LogP contribution >= 0.6 is 0 Å². The van der Waals surface area contributed by atoms with Gasteiger partial charge in [-0.25, -0.2) is 0 Å². The number of benzene rings is 1. The average molecular weight is 262 g/mol. The molecule has 0 aliphatic heterocycles. The minimum atomic E-state index is -1.000. The molecule has 0 heterocycles. The number of hydrogen-bond acceptors (Lipinski definition) is 2. The molecule has 1 aliphatic rings. The molecule has 1 fully saturated rings. The first-order valence-electron chi connectivity index (χ1n) is 6.53. The lowest BCUT2D eigenvalue weighted by Gasteiger charge is -2.37. The van der Waals surface area contributed by atoms with Gasteiger partial charge in [0.05, 0.1) is 11.8 Å². The second-order valence-electron chi connectivity index (χ2n) is 5.26. The van der Waals surface area contributed by atoms with Gasteiger partial charge in [-0.15, -0.1) is 0 Å². The molecule has 0 spiro atoms. The van der Waals surface area contributed by atoms with Crippen molar-refractivity contribution in [2.24, 2.45) is 17.8 Å². The summed E-state index contributed by atoms with van der Waals surface area (Å²) in [5.41, 5.74) is 1.10. The molecule has 4 atom stereocenters. The molecule has 102 valence electrons. The molecule has 0 aromatic heterocycles. The van der Waals surface area contributed by atoms with Gasteiger partial charge in [-0.05, 0) is 30.2 Å². The lowest BCUT2D eigenvalue weighted by Crippen LogP contribution is -2.40. The molecule has 1 aromatic carbocycles. The number of carboxylic acid groups (broad SMARTS) is 2. The molecule has 0 amide bonds. The quantitative estimate of drug-likeness (QED) is 0.878. The molecule has 4 nitrogen and oxygen atoms in total. The summed E-state index contributed by atoms with van der Waals surface area (Å²) in [7, 11) is 0. The average Bonchev–Trinajstić information content (AvgIpc) is 2.38. The van der Waals surface area contributed by atoms with Gasteiger partial charge in [0.25, 0.3) is 0 Å². The SMILES string of the molecule is C[C@H]1[C@H](C(=O)O)[C@H](C(=O)O)CC[C@H]1c1ccccc1. The normalized spacial score (nSPS) is 30.8. The zero-order chi connectivity index (χ0) is 14.0. The van der Waals surface area contributed by atoms with Gasteiger partial charge in [0.15, 0.2) is 0 Å². The fourth-order valence-corrected chi connectivity index (χ4v) is 3.26. The van der Waals surface area contributed by atoms with E-state index in [4.69, 9.17) is 5.11 Å². The van der Waals surface area contributed by atoms with Gasteiger partial charge in [-0.1, -0.05) is 37.3 Å². The lowest BCUT2D eigenvalue weighted by atomic mass is 9.65. The van der Waals surface area contributed by atoms with Crippen molar-refractivity contribution >= 4 is 11.9 Å². The molecular formula is C15H18O4. The first-order valence-corrected chi connectivity index (χ1v) is 6.53. The van der Waals surface area contributed by atoms with Gasteiger partial charge in [-0.2, -0.15) is 0 Å². The van der Waals surface area contributed by atoms with Crippen molar-refractivity contribution in [3.8, 4) is 0 Å². The predicted octanol–water partition coefficient (Wildman–Crippen LogP) is 2.60. The summed E-state index contributed by atoms with van der Waals surface area (Å²) in [6, 6.07) is 9.76. The highest BCUT2D eigenvalue weighted by atomic mass is 16.4. The maximum absolute atomic E-state index is 11.4. The van der Waals surface area contributed by atoms with Gasteiger partial charge in [0, 0.05) is 0 Å². The summed E-state index contributed by atoms with van der Waals surface area (Å²) in [6.45, 7) is 1.85. The Balaban J connectivity index is 2.28. The third-order valence-electron chi connectivity index (χ3n) is 4.25. The van der Waals surface area contributed by atoms with Crippen molar-refractivity contribution in [3.63, 3.8) is 0 Å². The molecule has 0 radical (unpaired) electrons. The van der Waals surface area contributed by atoms with Crippen molar-refractivity contribution < 1.29 is 19.8 Å². The molecule has 0 unspecified atom stereocenters. The van der Waals surface area contributed by atoms with Crippen LogP contribution in [-0.2, 0) is 9.59 Å². The van der Waals surface area contributed by atoms with E-state index in [9.17, 15) is 14.7 Å². The van der Waals surface area contributed by atoms with Crippen molar-refractivity contribution in [3.05, 3.63) is 35.9 Å². The summed E-state index contributed by atoms with van der Waals surface area (Å²) in [6.07, 6.45) is 1.15. The maximum Gasteiger partial charge on any atom is 0.307 e. The summed E-state index contributed by atoms with van der Waals surface area (Å²) in [5, 5.41) is 18.5. The highest BCUT2D eigenvalue weighted by Crippen LogP contribution is 2.44. The zero-order valence-electron chi connectivity index (χ0n) is 10.8. The molecule has 1 aromatic rings. The molecule has 2 N–H and O–H groups in total. The highest BCUT2D eigenvalue weighted by Gasteiger charge is 2.44. The van der Waals surface area contributed by atoms with Gasteiger partial charge >= 0.3 is 11.9 Å². The van der Waals surface area contributed by atoms with Crippen LogP contribution in [0.1, 0.15) is 31.2 Å². The maximum atomic E-state index is 11.4. The molecule has 1 saturated carbocycles. The second-order valence-corrected chi connectivity index (χ2v) is 5.26. The Morgan fingerprint density at radius 2 is 1.68 bits per heavy atom. The van der Waals surface area contributed by atoms with E-state index in [2.05, 4.69) is 0 Å². The smallest absolute Gasteiger partial charge is 0.307 e. The van der Waals surface area contributed by atoms with Crippen LogP contribution in [0.3, 0.4) is 0 Å². The van der Waals surface area contributed by atoms with Crippen molar-refractivity contribution in [1.29, 1.82) is 0 Å². The van der Waals surface area contributed by atoms with Gasteiger partial charge < -0.3 is 10.2 Å². The van der Waals surface area contributed by atoms with Crippen molar-refractivity contribution in [2.45, 2.75) is 25.7 Å². The van der Waals surface area contributed by atoms with Crippen molar-refractivity contribution in [1.82, 2.24) is 0 Å². The van der Waals surface area contributed by atoms with E-state index in [1.165, 1.54) is 0 Å². The van der Waals surface area contributed by atoms with Crippen LogP contribution in [0, 0.1) is 17.8 Å². The summed E-state index contributed by atoms with van der Waals surface area (Å²) < 4.78 is 0. The molecule has 19 heavy (non-hydrogen) atoms. The molecule has 0 bridgehead atoms. The minimum absolute atomic E-state index is 0.123. The Labute approximate surface area is 112 Å². The third-order valence-corrected chi connectivity index (χ3v) is 4.25. The van der Waals surface area contributed by atoms with Gasteiger partial charge in [0.2, 0.25) is 0 Å². The molecule has 4 heteroatoms. The largest absolute Gasteiger partial charge is 0.481 e. The van der Waals surface area contributed by atoms with Crippen LogP contribution in [-0.4, -0.2) is 22.2 Å². The fraction of sp³-hybridized carbons (Fsp3) is 0.467.